The fourth-order valence-corrected chi connectivity index (χ4v) is 2.02. The Balaban J connectivity index is 3.95. The van der Waals surface area contributed by atoms with Crippen LogP contribution in [0.4, 0.5) is 0 Å². The highest BCUT2D eigenvalue weighted by molar-refractivity contribution is 6.59. The van der Waals surface area contributed by atoms with E-state index in [1.165, 1.54) is 11.1 Å². The number of hydrogen-bond donors (Lipinski definition) is 0. The van der Waals surface area contributed by atoms with E-state index in [-0.39, 0.29) is 0 Å². The smallest absolute Gasteiger partial charge is 0.377 e. The molecule has 0 aliphatic rings. The lowest BCUT2D eigenvalue weighted by Crippen LogP contribution is -2.40. The van der Waals surface area contributed by atoms with Crippen molar-refractivity contribution in [3.8, 4) is 0 Å². The van der Waals surface area contributed by atoms with Crippen molar-refractivity contribution in [1.29, 1.82) is 0 Å². The van der Waals surface area contributed by atoms with Crippen molar-refractivity contribution >= 4 is 8.80 Å². The van der Waals surface area contributed by atoms with Gasteiger partial charge in [-0.1, -0.05) is 23.3 Å². The number of allylic oxidation sites excluding steroid dienone is 3. The maximum absolute atomic E-state index is 5.63. The second-order valence-electron chi connectivity index (χ2n) is 4.45. The molecule has 0 N–H and O–H groups in total. The molecule has 100 valence electrons. The number of hydrogen-bond acceptors (Lipinski definition) is 3. The summed E-state index contributed by atoms with van der Waals surface area (Å²) in [4.78, 5) is 0. The maximum atomic E-state index is 5.63. The highest BCUT2D eigenvalue weighted by atomic mass is 28.4. The normalized spacial score (nSPS) is 12.7. The SMILES string of the molecule is CO[Si](C)(OC)OC/C=C(\C)CCC=C(C)C. The summed E-state index contributed by atoms with van der Waals surface area (Å²) in [5, 5.41) is 0. The van der Waals surface area contributed by atoms with E-state index in [9.17, 15) is 0 Å². The zero-order valence-electron chi connectivity index (χ0n) is 12.0. The number of rotatable bonds is 8. The lowest BCUT2D eigenvalue weighted by atomic mass is 10.1. The van der Waals surface area contributed by atoms with Crippen LogP contribution in [0.25, 0.3) is 0 Å². The zero-order valence-corrected chi connectivity index (χ0v) is 13.0. The second kappa shape index (κ2) is 8.64. The molecule has 0 amide bonds. The van der Waals surface area contributed by atoms with Crippen LogP contribution in [0, 0.1) is 0 Å². The van der Waals surface area contributed by atoms with Crippen molar-refractivity contribution in [3.63, 3.8) is 0 Å². The molecule has 0 saturated heterocycles. The van der Waals surface area contributed by atoms with Gasteiger partial charge in [-0.25, -0.2) is 0 Å². The predicted octanol–water partition coefficient (Wildman–Crippen LogP) is 3.56. The molecule has 0 bridgehead atoms. The van der Waals surface area contributed by atoms with Gasteiger partial charge in [0, 0.05) is 20.8 Å². The van der Waals surface area contributed by atoms with Crippen molar-refractivity contribution < 1.29 is 13.3 Å². The Bertz CT molecular complexity index is 264. The average molecular weight is 258 g/mol. The Labute approximate surface area is 107 Å². The van der Waals surface area contributed by atoms with Crippen molar-refractivity contribution in [2.75, 3.05) is 20.8 Å². The molecule has 0 aromatic rings. The van der Waals surface area contributed by atoms with Crippen molar-refractivity contribution in [2.45, 2.75) is 40.2 Å². The second-order valence-corrected chi connectivity index (χ2v) is 7.28. The molecule has 4 heteroatoms. The predicted molar refractivity (Wildman–Crippen MR) is 74.0 cm³/mol. The molecule has 0 aliphatic heterocycles. The van der Waals surface area contributed by atoms with Gasteiger partial charge in [0.2, 0.25) is 0 Å². The first-order valence-corrected chi connectivity index (χ1v) is 8.19. The van der Waals surface area contributed by atoms with E-state index < -0.39 is 8.80 Å². The van der Waals surface area contributed by atoms with Gasteiger partial charge in [-0.05, 0) is 33.6 Å². The molecule has 17 heavy (non-hydrogen) atoms. The Morgan fingerprint density at radius 2 is 1.65 bits per heavy atom. The topological polar surface area (TPSA) is 27.7 Å². The van der Waals surface area contributed by atoms with Crippen LogP contribution < -0.4 is 0 Å². The fraction of sp³-hybridized carbons (Fsp3) is 0.692. The van der Waals surface area contributed by atoms with E-state index in [1.807, 2.05) is 6.55 Å². The summed E-state index contributed by atoms with van der Waals surface area (Å²) in [6.07, 6.45) is 6.52. The van der Waals surface area contributed by atoms with E-state index in [0.29, 0.717) is 6.61 Å². The van der Waals surface area contributed by atoms with Crippen LogP contribution in [0.1, 0.15) is 33.6 Å². The summed E-state index contributed by atoms with van der Waals surface area (Å²) < 4.78 is 16.1. The molecule has 0 heterocycles. The molecule has 0 unspecified atom stereocenters. The summed E-state index contributed by atoms with van der Waals surface area (Å²) in [6.45, 7) is 8.82. The van der Waals surface area contributed by atoms with E-state index in [1.54, 1.807) is 14.2 Å². The van der Waals surface area contributed by atoms with E-state index in [0.717, 1.165) is 12.8 Å². The minimum Gasteiger partial charge on any atom is -0.377 e. The maximum Gasteiger partial charge on any atom is 0.497 e. The minimum absolute atomic E-state index is 0.561. The van der Waals surface area contributed by atoms with Crippen LogP contribution in [0.3, 0.4) is 0 Å². The van der Waals surface area contributed by atoms with Gasteiger partial charge in [0.05, 0.1) is 6.61 Å². The van der Waals surface area contributed by atoms with Crippen LogP contribution in [-0.4, -0.2) is 29.6 Å². The molecule has 3 nitrogen and oxygen atoms in total. The molecule has 0 spiro atoms. The van der Waals surface area contributed by atoms with Gasteiger partial charge in [0.15, 0.2) is 0 Å². The van der Waals surface area contributed by atoms with Gasteiger partial charge in [-0.2, -0.15) is 0 Å². The molecule has 0 fully saturated rings. The standard InChI is InChI=1S/C13H26O3Si/c1-12(2)8-7-9-13(3)10-11-16-17(6,14-4)15-5/h8,10H,7,9,11H2,1-6H3/b13-10+. The van der Waals surface area contributed by atoms with Crippen LogP contribution in [0.5, 0.6) is 0 Å². The monoisotopic (exact) mass is 258 g/mol. The molecule has 0 atom stereocenters. The van der Waals surface area contributed by atoms with Gasteiger partial charge < -0.3 is 13.3 Å². The first-order chi connectivity index (χ1) is 7.93. The Kier molecular flexibility index (Phi) is 8.42. The first-order valence-electron chi connectivity index (χ1n) is 5.96. The molecular weight excluding hydrogens is 232 g/mol. The molecule has 0 aliphatic carbocycles. The third-order valence-electron chi connectivity index (χ3n) is 2.61. The van der Waals surface area contributed by atoms with Crippen LogP contribution in [-0.2, 0) is 13.3 Å². The lowest BCUT2D eigenvalue weighted by Gasteiger charge is -2.21. The van der Waals surface area contributed by atoms with E-state index >= 15 is 0 Å². The van der Waals surface area contributed by atoms with Crippen molar-refractivity contribution in [3.05, 3.63) is 23.3 Å². The molecule has 0 saturated carbocycles. The Morgan fingerprint density at radius 1 is 1.06 bits per heavy atom. The minimum atomic E-state index is -2.37. The van der Waals surface area contributed by atoms with Crippen LogP contribution >= 0.6 is 0 Å². The summed E-state index contributed by atoms with van der Waals surface area (Å²) in [6, 6.07) is 0. The quantitative estimate of drug-likeness (QED) is 0.492. The fourth-order valence-electron chi connectivity index (χ4n) is 1.23. The first kappa shape index (κ1) is 16.6. The Morgan fingerprint density at radius 3 is 2.12 bits per heavy atom. The average Bonchev–Trinajstić information content (AvgIpc) is 2.28. The molecular formula is C13H26O3Si. The van der Waals surface area contributed by atoms with Gasteiger partial charge in [0.25, 0.3) is 0 Å². The third-order valence-corrected chi connectivity index (χ3v) is 4.78. The summed E-state index contributed by atoms with van der Waals surface area (Å²) in [7, 11) is 0.882. The van der Waals surface area contributed by atoms with Crippen LogP contribution in [0.2, 0.25) is 6.55 Å². The van der Waals surface area contributed by atoms with E-state index in [4.69, 9.17) is 13.3 Å². The van der Waals surface area contributed by atoms with Crippen molar-refractivity contribution in [2.24, 2.45) is 0 Å². The van der Waals surface area contributed by atoms with Gasteiger partial charge in [-0.15, -0.1) is 0 Å². The van der Waals surface area contributed by atoms with Crippen molar-refractivity contribution in [1.82, 2.24) is 0 Å². The van der Waals surface area contributed by atoms with E-state index in [2.05, 4.69) is 32.9 Å². The molecule has 0 rings (SSSR count). The molecule has 0 radical (unpaired) electrons. The lowest BCUT2D eigenvalue weighted by molar-refractivity contribution is 0.117. The molecule has 0 aromatic carbocycles. The molecule has 0 aromatic heterocycles. The largest absolute Gasteiger partial charge is 0.497 e. The van der Waals surface area contributed by atoms with Gasteiger partial charge >= 0.3 is 8.80 Å². The van der Waals surface area contributed by atoms with Crippen LogP contribution in [0.15, 0.2) is 23.3 Å². The van der Waals surface area contributed by atoms with Gasteiger partial charge in [-0.3, -0.25) is 0 Å². The zero-order chi connectivity index (χ0) is 13.3. The highest BCUT2D eigenvalue weighted by Gasteiger charge is 2.31. The summed E-state index contributed by atoms with van der Waals surface area (Å²) in [5.41, 5.74) is 2.71. The van der Waals surface area contributed by atoms with Gasteiger partial charge in [0.1, 0.15) is 0 Å². The summed E-state index contributed by atoms with van der Waals surface area (Å²) >= 11 is 0. The summed E-state index contributed by atoms with van der Waals surface area (Å²) in [5.74, 6) is 0. The Hall–Kier alpha value is -0.423. The highest BCUT2D eigenvalue weighted by Crippen LogP contribution is 2.09. The third kappa shape index (κ3) is 8.32.